The number of imidazole rings is 1. The van der Waals surface area contributed by atoms with Crippen LogP contribution in [0.3, 0.4) is 0 Å². The number of nitrogens with one attached hydrogen (secondary N) is 1. The number of nitrogens with zero attached hydrogens (tertiary/aromatic N) is 2. The van der Waals surface area contributed by atoms with Gasteiger partial charge in [-0.3, -0.25) is 9.19 Å². The van der Waals surface area contributed by atoms with Gasteiger partial charge in [0.2, 0.25) is 0 Å². The third-order valence-electron chi connectivity index (χ3n) is 3.95. The predicted molar refractivity (Wildman–Crippen MR) is 93.7 cm³/mol. The summed E-state index contributed by atoms with van der Waals surface area (Å²) >= 11 is 0. The van der Waals surface area contributed by atoms with Gasteiger partial charge in [0.1, 0.15) is 5.75 Å². The topological polar surface area (TPSA) is 86.3 Å². The van der Waals surface area contributed by atoms with E-state index in [-0.39, 0.29) is 52.0 Å². The molecule has 1 radical (unpaired) electrons. The quantitative estimate of drug-likeness (QED) is 0.673. The third kappa shape index (κ3) is 3.79. The second kappa shape index (κ2) is 7.34. The van der Waals surface area contributed by atoms with Crippen molar-refractivity contribution in [2.24, 2.45) is 0 Å². The molecular weight excluding hydrogens is 391 g/mol. The summed E-state index contributed by atoms with van der Waals surface area (Å²) in [6, 6.07) is 4.38. The minimum atomic E-state index is -3.69. The number of hydrogen-bond acceptors (Lipinski definition) is 6. The Labute approximate surface area is 177 Å². The van der Waals surface area contributed by atoms with Crippen molar-refractivity contribution in [2.45, 2.75) is 24.1 Å². The summed E-state index contributed by atoms with van der Waals surface area (Å²) < 4.78 is 52.9. The maximum Gasteiger partial charge on any atom is 0.586 e. The van der Waals surface area contributed by atoms with Gasteiger partial charge in [0, 0.05) is 53.5 Å². The Morgan fingerprint density at radius 1 is 1.30 bits per heavy atom. The van der Waals surface area contributed by atoms with Crippen molar-refractivity contribution in [3.05, 3.63) is 35.7 Å². The Kier molecular flexibility index (Phi) is 5.44. The van der Waals surface area contributed by atoms with Crippen LogP contribution in [0.1, 0.15) is 11.3 Å². The van der Waals surface area contributed by atoms with Crippen LogP contribution >= 0.6 is 0 Å². The molecule has 0 saturated heterocycles. The molecule has 0 aliphatic carbocycles. The minimum Gasteiger partial charge on any atom is -0.496 e. The number of H-pyrrole nitrogens is 1. The molecule has 27 heavy (non-hydrogen) atoms. The Bertz CT molecular complexity index is 999. The van der Waals surface area contributed by atoms with E-state index >= 15 is 0 Å². The van der Waals surface area contributed by atoms with Crippen LogP contribution in [0.5, 0.6) is 17.2 Å². The molecule has 1 aliphatic rings. The molecule has 0 amide bonds. The van der Waals surface area contributed by atoms with E-state index in [1.165, 1.54) is 12.1 Å². The number of ether oxygens (including phenoxy) is 3. The molecule has 137 valence electrons. The van der Waals surface area contributed by atoms with E-state index in [1.807, 2.05) is 6.92 Å². The molecule has 0 saturated carbocycles. The molecule has 4 rings (SSSR count). The summed E-state index contributed by atoms with van der Waals surface area (Å²) in [5.41, 5.74) is 2.19. The molecule has 0 bridgehead atoms. The summed E-state index contributed by atoms with van der Waals surface area (Å²) in [6.07, 6.45) is -2.11. The van der Waals surface area contributed by atoms with Crippen molar-refractivity contribution < 1.29 is 27.2 Å². The summed E-state index contributed by atoms with van der Waals surface area (Å²) in [5.74, 6) is 0.571. The number of alkyl halides is 2. The van der Waals surface area contributed by atoms with Gasteiger partial charge in [-0.15, -0.1) is 8.78 Å². The summed E-state index contributed by atoms with van der Waals surface area (Å²) in [6.45, 7) is 1.83. The van der Waals surface area contributed by atoms with Gasteiger partial charge in [-0.05, 0) is 13.0 Å². The van der Waals surface area contributed by atoms with E-state index in [0.29, 0.717) is 22.5 Å². The van der Waals surface area contributed by atoms with Gasteiger partial charge in [0.05, 0.1) is 40.4 Å². The monoisotopic (exact) mass is 404 g/mol. The van der Waals surface area contributed by atoms with E-state index in [4.69, 9.17) is 4.74 Å². The standard InChI is InChI=1S/C16H13F2N3O4S.Na/c1-8-11(19-4-3-12(8)23-2)7-26(22)15-20-9-5-13-14(6-10(9)21-15)25-16(17,18)24-13;/h3-6H,7H2,1-2H3,(H,20,21);. The van der Waals surface area contributed by atoms with Gasteiger partial charge in [-0.25, -0.2) is 4.98 Å². The van der Waals surface area contributed by atoms with Crippen LogP contribution in [0.4, 0.5) is 8.78 Å². The first kappa shape index (κ1) is 20.0. The number of pyridine rings is 1. The summed E-state index contributed by atoms with van der Waals surface area (Å²) in [4.78, 5) is 11.3. The first-order valence-electron chi connectivity index (χ1n) is 7.53. The fourth-order valence-electron chi connectivity index (χ4n) is 2.66. The maximum absolute atomic E-state index is 13.1. The van der Waals surface area contributed by atoms with Crippen LogP contribution in [0, 0.1) is 6.92 Å². The number of rotatable bonds is 4. The van der Waals surface area contributed by atoms with Crippen molar-refractivity contribution in [1.82, 2.24) is 15.0 Å². The molecule has 2 aromatic heterocycles. The van der Waals surface area contributed by atoms with Crippen molar-refractivity contribution in [3.8, 4) is 17.2 Å². The molecule has 1 N–H and O–H groups in total. The van der Waals surface area contributed by atoms with Gasteiger partial charge in [-0.1, -0.05) is 0 Å². The van der Waals surface area contributed by atoms with Gasteiger partial charge in [-0.2, -0.15) is 0 Å². The van der Waals surface area contributed by atoms with Crippen molar-refractivity contribution >= 4 is 51.4 Å². The summed E-state index contributed by atoms with van der Waals surface area (Å²) in [5, 5.41) is 0.208. The zero-order chi connectivity index (χ0) is 18.5. The van der Waals surface area contributed by atoms with Gasteiger partial charge >= 0.3 is 6.29 Å². The molecular formula is C16H13F2N3NaO4S. The average molecular weight is 404 g/mol. The smallest absolute Gasteiger partial charge is 0.496 e. The molecule has 3 aromatic rings. The fraction of sp³-hybridized carbons (Fsp3) is 0.250. The van der Waals surface area contributed by atoms with Crippen molar-refractivity contribution in [2.75, 3.05) is 7.11 Å². The number of benzene rings is 1. The fourth-order valence-corrected chi connectivity index (χ4v) is 3.76. The van der Waals surface area contributed by atoms with Crippen molar-refractivity contribution in [1.29, 1.82) is 0 Å². The number of halogens is 2. The summed E-state index contributed by atoms with van der Waals surface area (Å²) in [7, 11) is 0.0363. The van der Waals surface area contributed by atoms with Crippen molar-refractivity contribution in [3.63, 3.8) is 0 Å². The minimum absolute atomic E-state index is 0. The van der Waals surface area contributed by atoms with Gasteiger partial charge in [0.15, 0.2) is 16.7 Å². The Morgan fingerprint density at radius 3 is 2.70 bits per heavy atom. The zero-order valence-electron chi connectivity index (χ0n) is 14.7. The molecule has 3 heterocycles. The Hall–Kier alpha value is -1.75. The number of methoxy groups -OCH3 is 1. The Morgan fingerprint density at radius 2 is 2.00 bits per heavy atom. The first-order valence-corrected chi connectivity index (χ1v) is 8.84. The molecule has 1 aromatic carbocycles. The van der Waals surface area contributed by atoms with E-state index in [9.17, 15) is 13.0 Å². The van der Waals surface area contributed by atoms with E-state index in [2.05, 4.69) is 24.4 Å². The largest absolute Gasteiger partial charge is 0.586 e. The molecule has 1 atom stereocenters. The number of hydrogen-bond donors (Lipinski definition) is 1. The third-order valence-corrected chi connectivity index (χ3v) is 5.11. The molecule has 11 heteroatoms. The number of aromatic amines is 1. The van der Waals surface area contributed by atoms with Crippen LogP contribution in [0.15, 0.2) is 29.6 Å². The van der Waals surface area contributed by atoms with Crippen LogP contribution in [-0.4, -0.2) is 62.1 Å². The normalized spacial score (nSPS) is 15.4. The van der Waals surface area contributed by atoms with Crippen LogP contribution in [0.25, 0.3) is 11.0 Å². The van der Waals surface area contributed by atoms with Crippen LogP contribution < -0.4 is 14.2 Å². The van der Waals surface area contributed by atoms with E-state index in [0.717, 1.165) is 5.56 Å². The Balaban J connectivity index is 0.00000210. The van der Waals surface area contributed by atoms with Gasteiger partial charge in [0.25, 0.3) is 0 Å². The molecule has 0 spiro atoms. The SMILES string of the molecule is COc1ccnc(CS(=O)c2nc3cc4c(cc3[nH]2)OC(F)(F)O4)c1C.[Na]. The van der Waals surface area contributed by atoms with E-state index in [1.54, 1.807) is 19.4 Å². The van der Waals surface area contributed by atoms with Crippen LogP contribution in [0.2, 0.25) is 0 Å². The second-order valence-electron chi connectivity index (χ2n) is 5.60. The number of aromatic nitrogens is 3. The number of fused-ring (bicyclic) bond motifs is 2. The molecule has 1 aliphatic heterocycles. The van der Waals surface area contributed by atoms with E-state index < -0.39 is 17.1 Å². The molecule has 1 unspecified atom stereocenters. The molecule has 7 nitrogen and oxygen atoms in total. The average Bonchev–Trinajstić information content (AvgIpc) is 3.12. The molecule has 0 fully saturated rings. The zero-order valence-corrected chi connectivity index (χ0v) is 17.5. The van der Waals surface area contributed by atoms with Crippen LogP contribution in [-0.2, 0) is 16.6 Å². The predicted octanol–water partition coefficient (Wildman–Crippen LogP) is 2.52. The first-order chi connectivity index (χ1) is 12.4. The second-order valence-corrected chi connectivity index (χ2v) is 6.97. The maximum atomic E-state index is 13.1. The van der Waals surface area contributed by atoms with Gasteiger partial charge < -0.3 is 19.2 Å².